The molecule has 1 aromatic rings. The van der Waals surface area contributed by atoms with E-state index in [0.29, 0.717) is 23.4 Å². The molecule has 2 rings (SSSR count). The molecule has 112 valence electrons. The molecule has 3 atom stereocenters. The van der Waals surface area contributed by atoms with E-state index in [9.17, 15) is 8.78 Å². The van der Waals surface area contributed by atoms with Crippen LogP contribution < -0.4 is 5.32 Å². The van der Waals surface area contributed by atoms with Crippen molar-refractivity contribution < 1.29 is 8.78 Å². The molecule has 1 aliphatic rings. The number of rotatable bonds is 4. The third kappa shape index (κ3) is 3.57. The molecule has 3 unspecified atom stereocenters. The van der Waals surface area contributed by atoms with Crippen molar-refractivity contribution in [2.75, 3.05) is 0 Å². The lowest BCUT2D eigenvalue weighted by atomic mass is 9.77. The monoisotopic (exact) mass is 281 g/mol. The van der Waals surface area contributed by atoms with Crippen LogP contribution in [0.5, 0.6) is 0 Å². The van der Waals surface area contributed by atoms with Crippen molar-refractivity contribution in [3.8, 4) is 0 Å². The summed E-state index contributed by atoms with van der Waals surface area (Å²) in [4.78, 5) is 0. The fourth-order valence-corrected chi connectivity index (χ4v) is 3.42. The Morgan fingerprint density at radius 1 is 1.10 bits per heavy atom. The quantitative estimate of drug-likeness (QED) is 0.833. The highest BCUT2D eigenvalue weighted by molar-refractivity contribution is 5.22. The summed E-state index contributed by atoms with van der Waals surface area (Å²) in [6, 6.07) is 3.93. The third-order valence-corrected chi connectivity index (χ3v) is 4.56. The van der Waals surface area contributed by atoms with E-state index in [1.54, 1.807) is 0 Å². The summed E-state index contributed by atoms with van der Waals surface area (Å²) >= 11 is 0. The van der Waals surface area contributed by atoms with Gasteiger partial charge in [0.1, 0.15) is 11.6 Å². The first-order valence-corrected chi connectivity index (χ1v) is 7.70. The Morgan fingerprint density at radius 3 is 2.50 bits per heavy atom. The predicted octanol–water partition coefficient (Wildman–Crippen LogP) is 4.83. The normalized spacial score (nSPS) is 24.9. The van der Waals surface area contributed by atoms with Crippen LogP contribution in [-0.4, -0.2) is 6.04 Å². The SMILES string of the molecule is CC(NC1CCCCC1C(C)C)c1cc(F)ccc1F. The molecular formula is C17H25F2N. The second kappa shape index (κ2) is 6.66. The van der Waals surface area contributed by atoms with Gasteiger partial charge in [-0.3, -0.25) is 0 Å². The van der Waals surface area contributed by atoms with Crippen molar-refractivity contribution in [1.82, 2.24) is 5.32 Å². The molecule has 0 aromatic heterocycles. The topological polar surface area (TPSA) is 12.0 Å². The molecule has 0 radical (unpaired) electrons. The van der Waals surface area contributed by atoms with Gasteiger partial charge in [0, 0.05) is 17.6 Å². The van der Waals surface area contributed by atoms with Crippen LogP contribution in [0.15, 0.2) is 18.2 Å². The number of nitrogens with one attached hydrogen (secondary N) is 1. The maximum absolute atomic E-state index is 13.8. The van der Waals surface area contributed by atoms with Gasteiger partial charge < -0.3 is 5.32 Å². The lowest BCUT2D eigenvalue weighted by Crippen LogP contribution is -2.42. The van der Waals surface area contributed by atoms with Crippen LogP contribution >= 0.6 is 0 Å². The Labute approximate surface area is 120 Å². The summed E-state index contributed by atoms with van der Waals surface area (Å²) in [5.41, 5.74) is 0.429. The molecule has 1 aliphatic carbocycles. The highest BCUT2D eigenvalue weighted by Gasteiger charge is 2.29. The molecular weight excluding hydrogens is 256 g/mol. The zero-order chi connectivity index (χ0) is 14.7. The van der Waals surface area contributed by atoms with Gasteiger partial charge >= 0.3 is 0 Å². The minimum Gasteiger partial charge on any atom is -0.307 e. The van der Waals surface area contributed by atoms with Crippen LogP contribution in [-0.2, 0) is 0 Å². The van der Waals surface area contributed by atoms with E-state index in [4.69, 9.17) is 0 Å². The lowest BCUT2D eigenvalue weighted by molar-refractivity contribution is 0.194. The first-order valence-electron chi connectivity index (χ1n) is 7.70. The Bertz CT molecular complexity index is 445. The molecule has 0 saturated heterocycles. The van der Waals surface area contributed by atoms with Crippen molar-refractivity contribution in [3.63, 3.8) is 0 Å². The highest BCUT2D eigenvalue weighted by atomic mass is 19.1. The van der Waals surface area contributed by atoms with Gasteiger partial charge in [-0.15, -0.1) is 0 Å². The van der Waals surface area contributed by atoms with E-state index >= 15 is 0 Å². The standard InChI is InChI=1S/C17H25F2N/c1-11(2)14-6-4-5-7-17(14)20-12(3)15-10-13(18)8-9-16(15)19/h8-12,14,17,20H,4-7H2,1-3H3. The minimum atomic E-state index is -0.376. The average molecular weight is 281 g/mol. The zero-order valence-corrected chi connectivity index (χ0v) is 12.6. The summed E-state index contributed by atoms with van der Waals surface area (Å²) in [5.74, 6) is 0.544. The number of benzene rings is 1. The summed E-state index contributed by atoms with van der Waals surface area (Å²) in [5, 5.41) is 3.53. The molecule has 0 amide bonds. The first kappa shape index (κ1) is 15.4. The van der Waals surface area contributed by atoms with Crippen LogP contribution in [0, 0.1) is 23.5 Å². The predicted molar refractivity (Wildman–Crippen MR) is 78.5 cm³/mol. The lowest BCUT2D eigenvalue weighted by Gasteiger charge is -2.37. The van der Waals surface area contributed by atoms with Gasteiger partial charge in [0.2, 0.25) is 0 Å². The molecule has 0 heterocycles. The molecule has 3 heteroatoms. The van der Waals surface area contributed by atoms with Gasteiger partial charge in [-0.1, -0.05) is 26.7 Å². The number of hydrogen-bond donors (Lipinski definition) is 1. The molecule has 1 fully saturated rings. The summed E-state index contributed by atoms with van der Waals surface area (Å²) in [7, 11) is 0. The second-order valence-electron chi connectivity index (χ2n) is 6.35. The average Bonchev–Trinajstić information content (AvgIpc) is 2.41. The van der Waals surface area contributed by atoms with Crippen molar-refractivity contribution >= 4 is 0 Å². The van der Waals surface area contributed by atoms with Crippen LogP contribution in [0.1, 0.15) is 58.1 Å². The summed E-state index contributed by atoms with van der Waals surface area (Å²) in [6.07, 6.45) is 4.86. The van der Waals surface area contributed by atoms with Crippen LogP contribution in [0.25, 0.3) is 0 Å². The van der Waals surface area contributed by atoms with E-state index in [0.717, 1.165) is 6.42 Å². The van der Waals surface area contributed by atoms with Crippen molar-refractivity contribution in [3.05, 3.63) is 35.4 Å². The minimum absolute atomic E-state index is 0.157. The summed E-state index contributed by atoms with van der Waals surface area (Å²) in [6.45, 7) is 6.42. The Kier molecular flexibility index (Phi) is 5.14. The first-order chi connectivity index (χ1) is 9.49. The molecule has 1 aromatic carbocycles. The maximum atomic E-state index is 13.8. The smallest absolute Gasteiger partial charge is 0.128 e. The van der Waals surface area contributed by atoms with Gasteiger partial charge in [-0.25, -0.2) is 8.78 Å². The van der Waals surface area contributed by atoms with E-state index < -0.39 is 0 Å². The Morgan fingerprint density at radius 2 is 1.80 bits per heavy atom. The maximum Gasteiger partial charge on any atom is 0.128 e. The largest absolute Gasteiger partial charge is 0.307 e. The molecule has 20 heavy (non-hydrogen) atoms. The van der Waals surface area contributed by atoms with Crippen molar-refractivity contribution in [2.45, 2.75) is 58.5 Å². The van der Waals surface area contributed by atoms with Crippen molar-refractivity contribution in [2.24, 2.45) is 11.8 Å². The van der Waals surface area contributed by atoms with Gasteiger partial charge in [-0.05, 0) is 49.8 Å². The zero-order valence-electron chi connectivity index (χ0n) is 12.6. The van der Waals surface area contributed by atoms with Crippen molar-refractivity contribution in [1.29, 1.82) is 0 Å². The van der Waals surface area contributed by atoms with Gasteiger partial charge in [0.05, 0.1) is 0 Å². The number of hydrogen-bond acceptors (Lipinski definition) is 1. The Hall–Kier alpha value is -0.960. The third-order valence-electron chi connectivity index (χ3n) is 4.56. The van der Waals surface area contributed by atoms with Crippen LogP contribution in [0.4, 0.5) is 8.78 Å². The fourth-order valence-electron chi connectivity index (χ4n) is 3.42. The molecule has 0 spiro atoms. The van der Waals surface area contributed by atoms with E-state index in [-0.39, 0.29) is 17.7 Å². The highest BCUT2D eigenvalue weighted by Crippen LogP contribution is 2.32. The number of halogens is 2. The van der Waals surface area contributed by atoms with Gasteiger partial charge in [-0.2, -0.15) is 0 Å². The van der Waals surface area contributed by atoms with Crippen LogP contribution in [0.3, 0.4) is 0 Å². The molecule has 1 nitrogen and oxygen atoms in total. The van der Waals surface area contributed by atoms with E-state index in [2.05, 4.69) is 19.2 Å². The van der Waals surface area contributed by atoms with E-state index in [1.165, 1.54) is 37.5 Å². The molecule has 0 aliphatic heterocycles. The van der Waals surface area contributed by atoms with Gasteiger partial charge in [0.25, 0.3) is 0 Å². The van der Waals surface area contributed by atoms with Crippen LogP contribution in [0.2, 0.25) is 0 Å². The molecule has 1 saturated carbocycles. The second-order valence-corrected chi connectivity index (χ2v) is 6.35. The van der Waals surface area contributed by atoms with E-state index in [1.807, 2.05) is 6.92 Å². The molecule has 0 bridgehead atoms. The van der Waals surface area contributed by atoms with Gasteiger partial charge in [0.15, 0.2) is 0 Å². The summed E-state index contributed by atoms with van der Waals surface area (Å²) < 4.78 is 27.1. The molecule has 1 N–H and O–H groups in total. The Balaban J connectivity index is 2.09. The fraction of sp³-hybridized carbons (Fsp3) is 0.647.